The van der Waals surface area contributed by atoms with Crippen LogP contribution in [0.1, 0.15) is 27.4 Å². The summed E-state index contributed by atoms with van der Waals surface area (Å²) < 4.78 is 1.52. The molecule has 0 spiro atoms. The van der Waals surface area contributed by atoms with E-state index in [1.54, 1.807) is 13.0 Å². The van der Waals surface area contributed by atoms with Crippen LogP contribution >= 0.6 is 0 Å². The standard InChI is InChI=1S/C11H11N3O2/c1-4-8-12-10-9(11(15)16)6(2)5-7(3)14(10)13-8/h4-5H,1H2,2-3H3,(H,15,16). The second-order valence-corrected chi connectivity index (χ2v) is 3.56. The molecule has 1 N–H and O–H groups in total. The van der Waals surface area contributed by atoms with Gasteiger partial charge in [-0.05, 0) is 31.6 Å². The highest BCUT2D eigenvalue weighted by Gasteiger charge is 2.17. The molecule has 2 aromatic heterocycles. The van der Waals surface area contributed by atoms with Gasteiger partial charge in [0.25, 0.3) is 0 Å². The third kappa shape index (κ3) is 1.37. The minimum atomic E-state index is -0.995. The van der Waals surface area contributed by atoms with Gasteiger partial charge in [0.1, 0.15) is 5.56 Å². The van der Waals surface area contributed by atoms with Crippen molar-refractivity contribution in [2.24, 2.45) is 0 Å². The topological polar surface area (TPSA) is 67.5 Å². The maximum Gasteiger partial charge on any atom is 0.339 e. The predicted octanol–water partition coefficient (Wildman–Crippen LogP) is 1.69. The Hall–Kier alpha value is -2.17. The van der Waals surface area contributed by atoms with Gasteiger partial charge in [-0.3, -0.25) is 0 Å². The van der Waals surface area contributed by atoms with Crippen molar-refractivity contribution in [2.75, 3.05) is 0 Å². The molecule has 5 heteroatoms. The molecule has 0 aliphatic carbocycles. The summed E-state index contributed by atoms with van der Waals surface area (Å²) in [6.07, 6.45) is 1.49. The second-order valence-electron chi connectivity index (χ2n) is 3.56. The lowest BCUT2D eigenvalue weighted by Crippen LogP contribution is -2.06. The summed E-state index contributed by atoms with van der Waals surface area (Å²) in [5.41, 5.74) is 2.07. The minimum absolute atomic E-state index is 0.186. The van der Waals surface area contributed by atoms with E-state index in [4.69, 9.17) is 5.11 Å². The Morgan fingerprint density at radius 3 is 2.81 bits per heavy atom. The Balaban J connectivity index is 2.93. The van der Waals surface area contributed by atoms with E-state index in [0.29, 0.717) is 17.0 Å². The molecule has 0 radical (unpaired) electrons. The molecule has 2 aromatic rings. The zero-order chi connectivity index (χ0) is 11.9. The van der Waals surface area contributed by atoms with Crippen LogP contribution in [-0.4, -0.2) is 25.7 Å². The zero-order valence-corrected chi connectivity index (χ0v) is 9.06. The van der Waals surface area contributed by atoms with E-state index in [9.17, 15) is 4.79 Å². The van der Waals surface area contributed by atoms with Crippen molar-refractivity contribution in [1.82, 2.24) is 14.6 Å². The number of hydrogen-bond acceptors (Lipinski definition) is 3. The van der Waals surface area contributed by atoms with Crippen molar-refractivity contribution in [3.8, 4) is 0 Å². The van der Waals surface area contributed by atoms with Crippen LogP contribution in [0, 0.1) is 13.8 Å². The number of rotatable bonds is 2. The van der Waals surface area contributed by atoms with Crippen LogP contribution in [0.4, 0.5) is 0 Å². The molecule has 0 aliphatic rings. The van der Waals surface area contributed by atoms with Crippen molar-refractivity contribution in [3.05, 3.63) is 35.3 Å². The van der Waals surface area contributed by atoms with Crippen LogP contribution < -0.4 is 0 Å². The Kier molecular flexibility index (Phi) is 2.23. The molecule has 2 rings (SSSR count). The molecule has 2 heterocycles. The molecule has 0 aromatic carbocycles. The van der Waals surface area contributed by atoms with E-state index in [1.165, 1.54) is 10.6 Å². The predicted molar refractivity (Wildman–Crippen MR) is 59.5 cm³/mol. The third-order valence-electron chi connectivity index (χ3n) is 2.40. The summed E-state index contributed by atoms with van der Waals surface area (Å²) in [5.74, 6) is -0.568. The van der Waals surface area contributed by atoms with Crippen LogP contribution in [0.15, 0.2) is 12.6 Å². The molecule has 0 amide bonds. The minimum Gasteiger partial charge on any atom is -0.478 e. The molecule has 0 bridgehead atoms. The van der Waals surface area contributed by atoms with E-state index in [2.05, 4.69) is 16.7 Å². The highest BCUT2D eigenvalue weighted by Crippen LogP contribution is 2.17. The number of carboxylic acid groups (broad SMARTS) is 1. The molecule has 0 aliphatic heterocycles. The number of carbonyl (C=O) groups is 1. The Morgan fingerprint density at radius 2 is 2.25 bits per heavy atom. The Bertz CT molecular complexity index is 599. The summed E-state index contributed by atoms with van der Waals surface area (Å²) in [5, 5.41) is 13.3. The van der Waals surface area contributed by atoms with Crippen LogP contribution in [0.5, 0.6) is 0 Å². The van der Waals surface area contributed by atoms with Crippen LogP contribution in [0.25, 0.3) is 11.7 Å². The lowest BCUT2D eigenvalue weighted by atomic mass is 10.1. The molecule has 16 heavy (non-hydrogen) atoms. The average Bonchev–Trinajstić information content (AvgIpc) is 2.61. The molecule has 0 unspecified atom stereocenters. The number of hydrogen-bond donors (Lipinski definition) is 1. The fraction of sp³-hybridized carbons (Fsp3) is 0.182. The molecular weight excluding hydrogens is 206 g/mol. The largest absolute Gasteiger partial charge is 0.478 e. The molecule has 0 atom stereocenters. The van der Waals surface area contributed by atoms with Gasteiger partial charge in [0, 0.05) is 5.69 Å². The van der Waals surface area contributed by atoms with Gasteiger partial charge in [-0.2, -0.15) is 0 Å². The number of carboxylic acids is 1. The van der Waals surface area contributed by atoms with Gasteiger partial charge in [0.15, 0.2) is 11.5 Å². The Labute approximate surface area is 92.0 Å². The molecule has 0 saturated carbocycles. The van der Waals surface area contributed by atoms with E-state index in [-0.39, 0.29) is 5.56 Å². The summed E-state index contributed by atoms with van der Waals surface area (Å²) in [7, 11) is 0. The van der Waals surface area contributed by atoms with Crippen LogP contribution in [0.3, 0.4) is 0 Å². The normalized spacial score (nSPS) is 10.6. The average molecular weight is 217 g/mol. The van der Waals surface area contributed by atoms with Crippen LogP contribution in [0.2, 0.25) is 0 Å². The summed E-state index contributed by atoms with van der Waals surface area (Å²) in [4.78, 5) is 15.3. The highest BCUT2D eigenvalue weighted by atomic mass is 16.4. The van der Waals surface area contributed by atoms with Gasteiger partial charge in [0.2, 0.25) is 0 Å². The number of fused-ring (bicyclic) bond motifs is 1. The van der Waals surface area contributed by atoms with E-state index >= 15 is 0 Å². The van der Waals surface area contributed by atoms with Gasteiger partial charge >= 0.3 is 5.97 Å². The first-order valence-corrected chi connectivity index (χ1v) is 4.77. The lowest BCUT2D eigenvalue weighted by molar-refractivity contribution is 0.0697. The Morgan fingerprint density at radius 1 is 1.56 bits per heavy atom. The maximum atomic E-state index is 11.1. The lowest BCUT2D eigenvalue weighted by Gasteiger charge is -2.04. The van der Waals surface area contributed by atoms with Crippen LogP contribution in [-0.2, 0) is 0 Å². The first kappa shape index (κ1) is 10.4. The third-order valence-corrected chi connectivity index (χ3v) is 2.40. The maximum absolute atomic E-state index is 11.1. The fourth-order valence-electron chi connectivity index (χ4n) is 1.71. The van der Waals surface area contributed by atoms with Crippen molar-refractivity contribution in [1.29, 1.82) is 0 Å². The molecule has 0 saturated heterocycles. The van der Waals surface area contributed by atoms with Gasteiger partial charge in [0.05, 0.1) is 0 Å². The number of aromatic carboxylic acids is 1. The van der Waals surface area contributed by atoms with Crippen molar-refractivity contribution in [2.45, 2.75) is 13.8 Å². The number of aromatic nitrogens is 3. The van der Waals surface area contributed by atoms with Gasteiger partial charge in [-0.25, -0.2) is 14.3 Å². The number of nitrogens with zero attached hydrogens (tertiary/aromatic N) is 3. The van der Waals surface area contributed by atoms with E-state index < -0.39 is 5.97 Å². The molecule has 82 valence electrons. The zero-order valence-electron chi connectivity index (χ0n) is 9.06. The first-order valence-electron chi connectivity index (χ1n) is 4.77. The monoisotopic (exact) mass is 217 g/mol. The van der Waals surface area contributed by atoms with Crippen molar-refractivity contribution in [3.63, 3.8) is 0 Å². The smallest absolute Gasteiger partial charge is 0.339 e. The molecule has 0 fully saturated rings. The summed E-state index contributed by atoms with van der Waals surface area (Å²) in [6.45, 7) is 7.17. The highest BCUT2D eigenvalue weighted by molar-refractivity contribution is 5.96. The van der Waals surface area contributed by atoms with Crippen molar-refractivity contribution >= 4 is 17.7 Å². The van der Waals surface area contributed by atoms with Gasteiger partial charge in [-0.15, -0.1) is 5.10 Å². The summed E-state index contributed by atoms with van der Waals surface area (Å²) >= 11 is 0. The summed E-state index contributed by atoms with van der Waals surface area (Å²) in [6, 6.07) is 1.78. The fourth-order valence-corrected chi connectivity index (χ4v) is 1.71. The first-order chi connectivity index (χ1) is 7.54. The van der Waals surface area contributed by atoms with E-state index in [0.717, 1.165) is 5.69 Å². The van der Waals surface area contributed by atoms with Crippen molar-refractivity contribution < 1.29 is 9.90 Å². The second kappa shape index (κ2) is 3.44. The quantitative estimate of drug-likeness (QED) is 0.831. The molecular formula is C11H11N3O2. The van der Waals surface area contributed by atoms with E-state index in [1.807, 2.05) is 6.92 Å². The van der Waals surface area contributed by atoms with Gasteiger partial charge in [-0.1, -0.05) is 6.58 Å². The van der Waals surface area contributed by atoms with Gasteiger partial charge < -0.3 is 5.11 Å². The SMILES string of the molecule is C=Cc1nc2c(C(=O)O)c(C)cc(C)n2n1. The number of pyridine rings is 1. The number of aryl methyl sites for hydroxylation is 2. The molecule has 5 nitrogen and oxygen atoms in total.